The van der Waals surface area contributed by atoms with Crippen LogP contribution in [0.5, 0.6) is 0 Å². The van der Waals surface area contributed by atoms with Crippen LogP contribution >= 0.6 is 23.2 Å². The summed E-state index contributed by atoms with van der Waals surface area (Å²) >= 11 is 11.5. The van der Waals surface area contributed by atoms with E-state index in [4.69, 9.17) is 39.1 Å². The van der Waals surface area contributed by atoms with Gasteiger partial charge in [0.05, 0.1) is 0 Å². The summed E-state index contributed by atoms with van der Waals surface area (Å²) in [6.07, 6.45) is -0.998. The van der Waals surface area contributed by atoms with E-state index in [-0.39, 0.29) is 29.1 Å². The zero-order valence-electron chi connectivity index (χ0n) is 7.11. The maximum Gasteiger partial charge on any atom is 0.222 e. The van der Waals surface area contributed by atoms with Gasteiger partial charge in [0.2, 0.25) is 5.95 Å². The number of hydrogen-bond acceptors (Lipinski definition) is 5. The van der Waals surface area contributed by atoms with Crippen LogP contribution in [0.2, 0.25) is 10.3 Å². The van der Waals surface area contributed by atoms with Crippen LogP contribution in [0.4, 0.5) is 5.95 Å². The average molecular weight is 238 g/mol. The van der Waals surface area contributed by atoms with E-state index in [0.29, 0.717) is 5.56 Å². The number of nitrogens with two attached hydrogens (primary N) is 1. The van der Waals surface area contributed by atoms with Crippen molar-refractivity contribution in [2.45, 2.75) is 19.1 Å². The molecule has 0 aromatic carbocycles. The van der Waals surface area contributed by atoms with Gasteiger partial charge in [-0.15, -0.1) is 0 Å². The highest BCUT2D eigenvalue weighted by Crippen LogP contribution is 2.23. The van der Waals surface area contributed by atoms with E-state index in [1.54, 1.807) is 0 Å². The largest absolute Gasteiger partial charge is 0.368 e. The molecule has 0 aliphatic carbocycles. The highest BCUT2D eigenvalue weighted by Gasteiger charge is 2.11. The number of aliphatic hydroxyl groups excluding tert-OH is 1. The van der Waals surface area contributed by atoms with Crippen molar-refractivity contribution in [3.63, 3.8) is 0 Å². The molecular weight excluding hydrogens is 229 g/mol. The van der Waals surface area contributed by atoms with Crippen molar-refractivity contribution < 1.29 is 10.2 Å². The molecule has 0 radical (unpaired) electrons. The van der Waals surface area contributed by atoms with Crippen LogP contribution in [0, 0.1) is 0 Å². The van der Waals surface area contributed by atoms with Crippen molar-refractivity contribution in [1.29, 1.82) is 0 Å². The van der Waals surface area contributed by atoms with Gasteiger partial charge in [-0.2, -0.15) is 0 Å². The summed E-state index contributed by atoms with van der Waals surface area (Å²) in [6, 6.07) is 0. The third-order valence-corrected chi connectivity index (χ3v) is 2.20. The van der Waals surface area contributed by atoms with Gasteiger partial charge < -0.3 is 15.9 Å². The van der Waals surface area contributed by atoms with E-state index in [0.717, 1.165) is 0 Å². The number of aliphatic hydroxyl groups is 2. The van der Waals surface area contributed by atoms with Gasteiger partial charge in [0, 0.05) is 12.0 Å². The monoisotopic (exact) mass is 237 g/mol. The topological polar surface area (TPSA) is 92.3 Å². The van der Waals surface area contributed by atoms with Gasteiger partial charge in [0.25, 0.3) is 0 Å². The zero-order chi connectivity index (χ0) is 10.7. The Morgan fingerprint density at radius 3 is 2.14 bits per heavy atom. The van der Waals surface area contributed by atoms with Crippen LogP contribution in [0.1, 0.15) is 12.0 Å². The van der Waals surface area contributed by atoms with E-state index in [1.165, 1.54) is 0 Å². The summed E-state index contributed by atoms with van der Waals surface area (Å²) in [5.41, 5.74) is 5.76. The van der Waals surface area contributed by atoms with Crippen molar-refractivity contribution in [3.05, 3.63) is 15.9 Å². The summed E-state index contributed by atoms with van der Waals surface area (Å²) in [5.74, 6) is -0.00621. The highest BCUT2D eigenvalue weighted by molar-refractivity contribution is 6.34. The van der Waals surface area contributed by atoms with Gasteiger partial charge in [0.15, 0.2) is 6.29 Å². The smallest absolute Gasteiger partial charge is 0.222 e. The molecule has 7 heteroatoms. The molecule has 0 atom stereocenters. The van der Waals surface area contributed by atoms with Crippen molar-refractivity contribution in [1.82, 2.24) is 9.97 Å². The summed E-state index contributed by atoms with van der Waals surface area (Å²) in [7, 11) is 0. The minimum Gasteiger partial charge on any atom is -0.368 e. The SMILES string of the molecule is Nc1nc(Cl)c(CCC(O)O)c(Cl)n1. The van der Waals surface area contributed by atoms with Gasteiger partial charge in [-0.3, -0.25) is 0 Å². The second-order valence-electron chi connectivity index (χ2n) is 2.66. The molecule has 1 aromatic heterocycles. The first-order valence-corrected chi connectivity index (χ1v) is 4.60. The lowest BCUT2D eigenvalue weighted by molar-refractivity contribution is -0.0447. The van der Waals surface area contributed by atoms with E-state index < -0.39 is 6.29 Å². The average Bonchev–Trinajstić information content (AvgIpc) is 2.01. The standard InChI is InChI=1S/C7H9Cl2N3O2/c8-5-3(1-2-4(13)14)6(9)12-7(10)11-5/h4,13-14H,1-2H2,(H2,10,11,12). The quantitative estimate of drug-likeness (QED) is 0.530. The molecule has 0 bridgehead atoms. The van der Waals surface area contributed by atoms with Gasteiger partial charge in [-0.1, -0.05) is 23.2 Å². The van der Waals surface area contributed by atoms with Gasteiger partial charge in [0.1, 0.15) is 10.3 Å². The lowest BCUT2D eigenvalue weighted by atomic mass is 10.2. The number of halogens is 2. The first-order valence-electron chi connectivity index (χ1n) is 3.84. The Kier molecular flexibility index (Phi) is 3.88. The fourth-order valence-corrected chi connectivity index (χ4v) is 1.52. The first-order chi connectivity index (χ1) is 6.50. The maximum atomic E-state index is 8.65. The number of hydrogen-bond donors (Lipinski definition) is 3. The minimum absolute atomic E-state index is 0.00621. The molecule has 5 nitrogen and oxygen atoms in total. The van der Waals surface area contributed by atoms with E-state index in [1.807, 2.05) is 0 Å². The number of rotatable bonds is 3. The molecule has 4 N–H and O–H groups in total. The van der Waals surface area contributed by atoms with Crippen LogP contribution in [0.15, 0.2) is 0 Å². The van der Waals surface area contributed by atoms with Crippen LogP contribution in [-0.2, 0) is 6.42 Å². The molecule has 1 rings (SSSR count). The number of nitrogens with zero attached hydrogens (tertiary/aromatic N) is 2. The van der Waals surface area contributed by atoms with Gasteiger partial charge >= 0.3 is 0 Å². The minimum atomic E-state index is -1.40. The Labute approximate surface area is 90.5 Å². The summed E-state index contributed by atoms with van der Waals surface area (Å²) in [5, 5.41) is 17.6. The molecule has 0 saturated carbocycles. The van der Waals surface area contributed by atoms with Crippen LogP contribution < -0.4 is 5.73 Å². The van der Waals surface area contributed by atoms with Gasteiger partial charge in [-0.25, -0.2) is 9.97 Å². The third kappa shape index (κ3) is 2.95. The van der Waals surface area contributed by atoms with Crippen molar-refractivity contribution in [2.75, 3.05) is 5.73 Å². The zero-order valence-corrected chi connectivity index (χ0v) is 8.63. The lowest BCUT2D eigenvalue weighted by Crippen LogP contribution is -2.07. The predicted octanol–water partition coefficient (Wildman–Crippen LogP) is 0.609. The normalized spacial score (nSPS) is 10.9. The molecule has 0 saturated heterocycles. The number of aromatic nitrogens is 2. The van der Waals surface area contributed by atoms with E-state index in [9.17, 15) is 0 Å². The molecule has 1 heterocycles. The summed E-state index contributed by atoms with van der Waals surface area (Å²) in [4.78, 5) is 7.39. The third-order valence-electron chi connectivity index (χ3n) is 1.58. The fraction of sp³-hybridized carbons (Fsp3) is 0.429. The molecule has 0 spiro atoms. The first kappa shape index (κ1) is 11.5. The summed E-state index contributed by atoms with van der Waals surface area (Å²) < 4.78 is 0. The lowest BCUT2D eigenvalue weighted by Gasteiger charge is -2.07. The Hall–Kier alpha value is -0.620. The Morgan fingerprint density at radius 2 is 1.71 bits per heavy atom. The second-order valence-corrected chi connectivity index (χ2v) is 3.38. The summed E-state index contributed by atoms with van der Waals surface area (Å²) in [6.45, 7) is 0. The molecule has 1 aromatic rings. The fourth-order valence-electron chi connectivity index (χ4n) is 0.926. The Balaban J connectivity index is 2.86. The maximum absolute atomic E-state index is 8.65. The van der Waals surface area contributed by atoms with E-state index >= 15 is 0 Å². The number of nitrogen functional groups attached to an aromatic ring is 1. The van der Waals surface area contributed by atoms with E-state index in [2.05, 4.69) is 9.97 Å². The molecule has 78 valence electrons. The Morgan fingerprint density at radius 1 is 1.21 bits per heavy atom. The molecule has 0 aliphatic heterocycles. The highest BCUT2D eigenvalue weighted by atomic mass is 35.5. The van der Waals surface area contributed by atoms with Gasteiger partial charge in [-0.05, 0) is 6.42 Å². The molecule has 0 fully saturated rings. The predicted molar refractivity (Wildman–Crippen MR) is 53.0 cm³/mol. The van der Waals surface area contributed by atoms with Crippen molar-refractivity contribution in [3.8, 4) is 0 Å². The van der Waals surface area contributed by atoms with Crippen molar-refractivity contribution >= 4 is 29.2 Å². The molecule has 0 unspecified atom stereocenters. The second kappa shape index (κ2) is 4.75. The van der Waals surface area contributed by atoms with Crippen LogP contribution in [-0.4, -0.2) is 26.5 Å². The number of anilines is 1. The molecule has 0 aliphatic rings. The molecular formula is C7H9Cl2N3O2. The molecule has 14 heavy (non-hydrogen) atoms. The van der Waals surface area contributed by atoms with Crippen LogP contribution in [0.25, 0.3) is 0 Å². The molecule has 0 amide bonds. The Bertz CT molecular complexity index is 310. The van der Waals surface area contributed by atoms with Crippen molar-refractivity contribution in [2.24, 2.45) is 0 Å². The van der Waals surface area contributed by atoms with Crippen LogP contribution in [0.3, 0.4) is 0 Å².